The first-order chi connectivity index (χ1) is 11.8. The minimum Gasteiger partial charge on any atom is -0.341 e. The predicted octanol–water partition coefficient (Wildman–Crippen LogP) is 3.00. The van der Waals surface area contributed by atoms with Crippen LogP contribution >= 0.6 is 0 Å². The van der Waals surface area contributed by atoms with Crippen molar-refractivity contribution in [3.63, 3.8) is 0 Å². The van der Waals surface area contributed by atoms with Crippen LogP contribution in [0, 0.1) is 5.92 Å². The van der Waals surface area contributed by atoms with E-state index in [9.17, 15) is 9.59 Å². The number of amides is 2. The Morgan fingerprint density at radius 1 is 0.960 bits per heavy atom. The third kappa shape index (κ3) is 4.62. The summed E-state index contributed by atoms with van der Waals surface area (Å²) in [6.45, 7) is 9.48. The van der Waals surface area contributed by atoms with Gasteiger partial charge in [0.15, 0.2) is 0 Å². The van der Waals surface area contributed by atoms with E-state index >= 15 is 0 Å². The summed E-state index contributed by atoms with van der Waals surface area (Å²) in [6.07, 6.45) is 3.42. The number of rotatable bonds is 3. The fourth-order valence-electron chi connectivity index (χ4n) is 3.38. The Hall–Kier alpha value is -1.84. The van der Waals surface area contributed by atoms with Crippen molar-refractivity contribution >= 4 is 11.8 Å². The molecule has 4 heteroatoms. The van der Waals surface area contributed by atoms with Crippen molar-refractivity contribution in [2.45, 2.75) is 51.9 Å². The van der Waals surface area contributed by atoms with E-state index in [1.54, 1.807) is 0 Å². The van der Waals surface area contributed by atoms with Crippen LogP contribution in [0.2, 0.25) is 0 Å². The van der Waals surface area contributed by atoms with Gasteiger partial charge in [0.05, 0.1) is 6.42 Å². The standard InChI is InChI=1S/C21H30N2O2/c1-21(2,3)18-9-5-16(6-10-18)15-19(24)22-11-4-12-23(14-13-22)20(25)17-7-8-17/h5-6,9-10,17H,4,7-8,11-15H2,1-3H3. The van der Waals surface area contributed by atoms with Crippen LogP contribution < -0.4 is 0 Å². The Bertz CT molecular complexity index is 626. The van der Waals surface area contributed by atoms with Crippen LogP contribution in [0.15, 0.2) is 24.3 Å². The minimum atomic E-state index is 0.130. The molecule has 0 bridgehead atoms. The largest absolute Gasteiger partial charge is 0.341 e. The van der Waals surface area contributed by atoms with Crippen LogP contribution in [-0.4, -0.2) is 47.8 Å². The van der Waals surface area contributed by atoms with Gasteiger partial charge in [0.25, 0.3) is 0 Å². The van der Waals surface area contributed by atoms with Crippen molar-refractivity contribution in [2.75, 3.05) is 26.2 Å². The van der Waals surface area contributed by atoms with Gasteiger partial charge in [0.1, 0.15) is 0 Å². The molecular weight excluding hydrogens is 312 g/mol. The number of carbonyl (C=O) groups is 2. The van der Waals surface area contributed by atoms with Crippen molar-refractivity contribution < 1.29 is 9.59 Å². The van der Waals surface area contributed by atoms with E-state index in [1.807, 2.05) is 9.80 Å². The molecule has 136 valence electrons. The van der Waals surface area contributed by atoms with Crippen molar-refractivity contribution in [3.05, 3.63) is 35.4 Å². The Labute approximate surface area is 151 Å². The van der Waals surface area contributed by atoms with Gasteiger partial charge in [-0.05, 0) is 35.8 Å². The van der Waals surface area contributed by atoms with Crippen LogP contribution in [-0.2, 0) is 21.4 Å². The Morgan fingerprint density at radius 3 is 2.16 bits per heavy atom. The molecule has 1 saturated heterocycles. The zero-order valence-electron chi connectivity index (χ0n) is 15.8. The molecule has 0 aromatic heterocycles. The summed E-state index contributed by atoms with van der Waals surface area (Å²) >= 11 is 0. The highest BCUT2D eigenvalue weighted by molar-refractivity contribution is 5.81. The molecule has 0 atom stereocenters. The lowest BCUT2D eigenvalue weighted by Gasteiger charge is -2.22. The molecule has 2 fully saturated rings. The lowest BCUT2D eigenvalue weighted by molar-refractivity contribution is -0.134. The van der Waals surface area contributed by atoms with E-state index in [2.05, 4.69) is 45.0 Å². The fraction of sp³-hybridized carbons (Fsp3) is 0.619. The summed E-state index contributed by atoms with van der Waals surface area (Å²) < 4.78 is 0. The van der Waals surface area contributed by atoms with Crippen LogP contribution in [0.3, 0.4) is 0 Å². The second-order valence-corrected chi connectivity index (χ2v) is 8.46. The molecule has 0 spiro atoms. The van der Waals surface area contributed by atoms with E-state index in [0.29, 0.717) is 25.4 Å². The smallest absolute Gasteiger partial charge is 0.227 e. The summed E-state index contributed by atoms with van der Waals surface area (Å²) in [5, 5.41) is 0. The lowest BCUT2D eigenvalue weighted by atomic mass is 9.86. The minimum absolute atomic E-state index is 0.130. The molecule has 1 aromatic rings. The Kier molecular flexibility index (Phi) is 5.16. The highest BCUT2D eigenvalue weighted by Crippen LogP contribution is 2.31. The molecule has 0 unspecified atom stereocenters. The van der Waals surface area contributed by atoms with Crippen molar-refractivity contribution in [2.24, 2.45) is 5.92 Å². The van der Waals surface area contributed by atoms with E-state index in [-0.39, 0.29) is 17.2 Å². The van der Waals surface area contributed by atoms with Gasteiger partial charge in [0, 0.05) is 32.1 Å². The molecule has 1 aromatic carbocycles. The normalized spacial score (nSPS) is 18.8. The second kappa shape index (κ2) is 7.19. The molecule has 1 heterocycles. The van der Waals surface area contributed by atoms with E-state index in [1.165, 1.54) is 5.56 Å². The predicted molar refractivity (Wildman–Crippen MR) is 99.3 cm³/mol. The van der Waals surface area contributed by atoms with Gasteiger partial charge in [-0.3, -0.25) is 9.59 Å². The first-order valence-electron chi connectivity index (χ1n) is 9.50. The quantitative estimate of drug-likeness (QED) is 0.847. The molecule has 1 aliphatic carbocycles. The van der Waals surface area contributed by atoms with Crippen molar-refractivity contribution in [1.29, 1.82) is 0 Å². The zero-order valence-corrected chi connectivity index (χ0v) is 15.8. The zero-order chi connectivity index (χ0) is 18.0. The average Bonchev–Trinajstić information content (AvgIpc) is 3.40. The van der Waals surface area contributed by atoms with Gasteiger partial charge in [-0.15, -0.1) is 0 Å². The van der Waals surface area contributed by atoms with Crippen molar-refractivity contribution in [3.8, 4) is 0 Å². The molecule has 25 heavy (non-hydrogen) atoms. The van der Waals surface area contributed by atoms with E-state index < -0.39 is 0 Å². The van der Waals surface area contributed by atoms with Gasteiger partial charge >= 0.3 is 0 Å². The number of benzene rings is 1. The Balaban J connectivity index is 1.55. The highest BCUT2D eigenvalue weighted by Gasteiger charge is 2.34. The molecule has 1 saturated carbocycles. The number of hydrogen-bond donors (Lipinski definition) is 0. The Morgan fingerprint density at radius 2 is 1.56 bits per heavy atom. The third-order valence-corrected chi connectivity index (χ3v) is 5.26. The summed E-state index contributed by atoms with van der Waals surface area (Å²) in [5.74, 6) is 0.736. The highest BCUT2D eigenvalue weighted by atomic mass is 16.2. The molecule has 2 aliphatic rings. The van der Waals surface area contributed by atoms with Gasteiger partial charge in [-0.25, -0.2) is 0 Å². The summed E-state index contributed by atoms with van der Waals surface area (Å²) in [6, 6.07) is 8.39. The van der Waals surface area contributed by atoms with Gasteiger partial charge < -0.3 is 9.80 Å². The number of nitrogens with zero attached hydrogens (tertiary/aromatic N) is 2. The van der Waals surface area contributed by atoms with Crippen LogP contribution in [0.1, 0.15) is 51.2 Å². The van der Waals surface area contributed by atoms with Gasteiger partial charge in [-0.1, -0.05) is 45.0 Å². The summed E-state index contributed by atoms with van der Waals surface area (Å²) in [5.41, 5.74) is 2.48. The van der Waals surface area contributed by atoms with Crippen LogP contribution in [0.5, 0.6) is 0 Å². The van der Waals surface area contributed by atoms with Gasteiger partial charge in [-0.2, -0.15) is 0 Å². The monoisotopic (exact) mass is 342 g/mol. The van der Waals surface area contributed by atoms with E-state index in [0.717, 1.165) is 37.9 Å². The fourth-order valence-corrected chi connectivity index (χ4v) is 3.38. The van der Waals surface area contributed by atoms with Crippen LogP contribution in [0.25, 0.3) is 0 Å². The maximum atomic E-state index is 12.6. The van der Waals surface area contributed by atoms with E-state index in [4.69, 9.17) is 0 Å². The maximum Gasteiger partial charge on any atom is 0.227 e. The molecule has 1 aliphatic heterocycles. The average molecular weight is 342 g/mol. The topological polar surface area (TPSA) is 40.6 Å². The summed E-state index contributed by atoms with van der Waals surface area (Å²) in [7, 11) is 0. The number of carbonyl (C=O) groups excluding carboxylic acids is 2. The summed E-state index contributed by atoms with van der Waals surface area (Å²) in [4.78, 5) is 28.8. The SMILES string of the molecule is CC(C)(C)c1ccc(CC(=O)N2CCCN(C(=O)C3CC3)CC2)cc1. The maximum absolute atomic E-state index is 12.6. The lowest BCUT2D eigenvalue weighted by Crippen LogP contribution is -2.38. The molecule has 0 N–H and O–H groups in total. The first kappa shape index (κ1) is 18.0. The number of hydrogen-bond acceptors (Lipinski definition) is 2. The van der Waals surface area contributed by atoms with Crippen LogP contribution in [0.4, 0.5) is 0 Å². The first-order valence-corrected chi connectivity index (χ1v) is 9.50. The van der Waals surface area contributed by atoms with Crippen molar-refractivity contribution in [1.82, 2.24) is 9.80 Å². The molecule has 2 amide bonds. The molecule has 4 nitrogen and oxygen atoms in total. The third-order valence-electron chi connectivity index (χ3n) is 5.26. The molecular formula is C21H30N2O2. The second-order valence-electron chi connectivity index (χ2n) is 8.46. The van der Waals surface area contributed by atoms with Gasteiger partial charge in [0.2, 0.25) is 11.8 Å². The molecule has 0 radical (unpaired) electrons. The molecule has 3 rings (SSSR count).